The molecule has 0 radical (unpaired) electrons. The van der Waals surface area contributed by atoms with E-state index in [0.29, 0.717) is 37.2 Å². The molecule has 1 aliphatic carbocycles. The second kappa shape index (κ2) is 10.2. The summed E-state index contributed by atoms with van der Waals surface area (Å²) >= 11 is 0. The number of amides is 1. The van der Waals surface area contributed by atoms with E-state index in [-0.39, 0.29) is 23.9 Å². The summed E-state index contributed by atoms with van der Waals surface area (Å²) in [4.78, 5) is 16.9. The molecule has 174 valence electrons. The van der Waals surface area contributed by atoms with Crippen LogP contribution in [0.2, 0.25) is 0 Å². The number of hydrogen-bond donors (Lipinski definition) is 0. The summed E-state index contributed by atoms with van der Waals surface area (Å²) < 4.78 is 38.0. The van der Waals surface area contributed by atoms with Crippen molar-refractivity contribution >= 4 is 15.9 Å². The summed E-state index contributed by atoms with van der Waals surface area (Å²) in [6.07, 6.45) is 4.72. The van der Waals surface area contributed by atoms with Gasteiger partial charge in [-0.05, 0) is 50.8 Å². The largest absolute Gasteiger partial charge is 0.493 e. The van der Waals surface area contributed by atoms with Crippen LogP contribution < -0.4 is 9.47 Å². The van der Waals surface area contributed by atoms with Crippen LogP contribution in [0.15, 0.2) is 23.1 Å². The first-order chi connectivity index (χ1) is 14.8. The van der Waals surface area contributed by atoms with Crippen LogP contribution in [0.1, 0.15) is 32.6 Å². The highest BCUT2D eigenvalue weighted by Gasteiger charge is 2.32. The number of sulfonamides is 1. The monoisotopic (exact) mass is 453 g/mol. The highest BCUT2D eigenvalue weighted by molar-refractivity contribution is 7.89. The number of rotatable bonds is 7. The van der Waals surface area contributed by atoms with E-state index in [1.165, 1.54) is 43.5 Å². The van der Waals surface area contributed by atoms with Gasteiger partial charge in [-0.3, -0.25) is 9.69 Å². The fraction of sp³-hybridized carbons (Fsp3) is 0.682. The maximum atomic E-state index is 13.1. The van der Waals surface area contributed by atoms with Gasteiger partial charge in [-0.2, -0.15) is 4.31 Å². The molecule has 31 heavy (non-hydrogen) atoms. The molecule has 1 aliphatic heterocycles. The lowest BCUT2D eigenvalue weighted by Crippen LogP contribution is -2.53. The van der Waals surface area contributed by atoms with Gasteiger partial charge in [0.15, 0.2) is 11.5 Å². The summed E-state index contributed by atoms with van der Waals surface area (Å²) in [6.45, 7) is 4.06. The van der Waals surface area contributed by atoms with E-state index in [1.807, 2.05) is 7.05 Å². The lowest BCUT2D eigenvalue weighted by Gasteiger charge is -2.37. The van der Waals surface area contributed by atoms with Crippen molar-refractivity contribution in [3.63, 3.8) is 0 Å². The first-order valence-electron chi connectivity index (χ1n) is 11.0. The SMILES string of the molecule is COc1ccc(S(=O)(=O)N2CCN(C(=O)CN(C)C3CCC(C)CC3)CC2)cc1OC. The number of likely N-dealkylation sites (N-methyl/N-ethyl adjacent to an activating group) is 1. The van der Waals surface area contributed by atoms with Crippen LogP contribution in [0.4, 0.5) is 0 Å². The number of hydrogen-bond acceptors (Lipinski definition) is 6. The third-order valence-corrected chi connectivity index (χ3v) is 8.47. The first-order valence-corrected chi connectivity index (χ1v) is 12.4. The summed E-state index contributed by atoms with van der Waals surface area (Å²) in [5, 5.41) is 0. The average molecular weight is 454 g/mol. The lowest BCUT2D eigenvalue weighted by atomic mass is 9.87. The minimum Gasteiger partial charge on any atom is -0.493 e. The molecular weight excluding hydrogens is 418 g/mol. The molecule has 9 heteroatoms. The zero-order valence-electron chi connectivity index (χ0n) is 19.0. The molecule has 8 nitrogen and oxygen atoms in total. The van der Waals surface area contributed by atoms with Gasteiger partial charge in [-0.1, -0.05) is 6.92 Å². The molecule has 3 rings (SSSR count). The third kappa shape index (κ3) is 5.51. The Hall–Kier alpha value is -1.84. The van der Waals surface area contributed by atoms with Gasteiger partial charge in [0.25, 0.3) is 0 Å². The van der Waals surface area contributed by atoms with E-state index >= 15 is 0 Å². The maximum absolute atomic E-state index is 13.1. The Balaban J connectivity index is 1.56. The average Bonchev–Trinajstić information content (AvgIpc) is 2.78. The highest BCUT2D eigenvalue weighted by Crippen LogP contribution is 2.31. The van der Waals surface area contributed by atoms with E-state index in [0.717, 1.165) is 18.8 Å². The molecule has 0 bridgehead atoms. The van der Waals surface area contributed by atoms with Crippen molar-refractivity contribution in [1.82, 2.24) is 14.1 Å². The van der Waals surface area contributed by atoms with Crippen LogP contribution in [0, 0.1) is 5.92 Å². The van der Waals surface area contributed by atoms with Crippen LogP contribution >= 0.6 is 0 Å². The van der Waals surface area contributed by atoms with Crippen molar-refractivity contribution in [3.05, 3.63) is 18.2 Å². The Labute approximate surface area is 186 Å². The zero-order chi connectivity index (χ0) is 22.6. The predicted molar refractivity (Wildman–Crippen MR) is 119 cm³/mol. The van der Waals surface area contributed by atoms with Gasteiger partial charge in [-0.15, -0.1) is 0 Å². The van der Waals surface area contributed by atoms with Crippen molar-refractivity contribution in [2.45, 2.75) is 43.5 Å². The predicted octanol–water partition coefficient (Wildman–Crippen LogP) is 2.05. The molecule has 1 amide bonds. The molecule has 1 saturated carbocycles. The zero-order valence-corrected chi connectivity index (χ0v) is 19.9. The van der Waals surface area contributed by atoms with Crippen molar-refractivity contribution in [2.75, 3.05) is 54.0 Å². The van der Waals surface area contributed by atoms with Gasteiger partial charge in [0.05, 0.1) is 25.7 Å². The topological polar surface area (TPSA) is 79.4 Å². The van der Waals surface area contributed by atoms with Crippen LogP contribution in [-0.4, -0.2) is 88.5 Å². The van der Waals surface area contributed by atoms with E-state index in [2.05, 4.69) is 11.8 Å². The Kier molecular flexibility index (Phi) is 7.82. The Bertz CT molecular complexity index is 860. The quantitative estimate of drug-likeness (QED) is 0.629. The number of carbonyl (C=O) groups is 1. The Morgan fingerprint density at radius 3 is 2.23 bits per heavy atom. The molecule has 0 aromatic heterocycles. The molecule has 0 spiro atoms. The second-order valence-corrected chi connectivity index (χ2v) is 10.6. The third-order valence-electron chi connectivity index (χ3n) is 6.58. The van der Waals surface area contributed by atoms with E-state index in [1.54, 1.807) is 11.0 Å². The second-order valence-electron chi connectivity index (χ2n) is 8.63. The van der Waals surface area contributed by atoms with Gasteiger partial charge >= 0.3 is 0 Å². The minimum atomic E-state index is -3.66. The number of ether oxygens (including phenoxy) is 2. The smallest absolute Gasteiger partial charge is 0.243 e. The first kappa shape index (κ1) is 23.8. The van der Waals surface area contributed by atoms with Crippen molar-refractivity contribution in [3.8, 4) is 11.5 Å². The molecule has 2 fully saturated rings. The summed E-state index contributed by atoms with van der Waals surface area (Å²) in [6, 6.07) is 5.06. The maximum Gasteiger partial charge on any atom is 0.243 e. The summed E-state index contributed by atoms with van der Waals surface area (Å²) in [5.74, 6) is 1.70. The molecule has 0 unspecified atom stereocenters. The highest BCUT2D eigenvalue weighted by atomic mass is 32.2. The molecule has 0 atom stereocenters. The lowest BCUT2D eigenvalue weighted by molar-refractivity contribution is -0.134. The van der Waals surface area contributed by atoms with Gasteiger partial charge < -0.3 is 14.4 Å². The van der Waals surface area contributed by atoms with Crippen molar-refractivity contribution in [2.24, 2.45) is 5.92 Å². The van der Waals surface area contributed by atoms with Crippen LogP contribution in [0.5, 0.6) is 11.5 Å². The molecule has 1 aromatic carbocycles. The number of nitrogens with zero attached hydrogens (tertiary/aromatic N) is 3. The Morgan fingerprint density at radius 2 is 1.65 bits per heavy atom. The molecular formula is C22H35N3O5S. The van der Waals surface area contributed by atoms with Crippen LogP contribution in [-0.2, 0) is 14.8 Å². The number of benzene rings is 1. The summed E-state index contributed by atoms with van der Waals surface area (Å²) in [7, 11) is 1.34. The number of carbonyl (C=O) groups excluding carboxylic acids is 1. The van der Waals surface area contributed by atoms with Crippen molar-refractivity contribution < 1.29 is 22.7 Å². The standard InChI is InChI=1S/C22H35N3O5S/c1-17-5-7-18(8-6-17)23(2)16-22(26)24-11-13-25(14-12-24)31(27,28)19-9-10-20(29-3)21(15-19)30-4/h9-10,15,17-18H,5-8,11-14,16H2,1-4H3. The van der Waals surface area contributed by atoms with E-state index in [9.17, 15) is 13.2 Å². The molecule has 1 aromatic rings. The molecule has 0 N–H and O–H groups in total. The minimum absolute atomic E-state index is 0.0734. The van der Waals surface area contributed by atoms with Gasteiger partial charge in [0, 0.05) is 38.3 Å². The number of piperazine rings is 1. The van der Waals surface area contributed by atoms with Gasteiger partial charge in [0.1, 0.15) is 0 Å². The molecule has 1 heterocycles. The van der Waals surface area contributed by atoms with E-state index in [4.69, 9.17) is 9.47 Å². The van der Waals surface area contributed by atoms with Gasteiger partial charge in [0.2, 0.25) is 15.9 Å². The van der Waals surface area contributed by atoms with Crippen LogP contribution in [0.3, 0.4) is 0 Å². The fourth-order valence-corrected chi connectivity index (χ4v) is 5.87. The van der Waals surface area contributed by atoms with Crippen LogP contribution in [0.25, 0.3) is 0 Å². The van der Waals surface area contributed by atoms with E-state index < -0.39 is 10.0 Å². The Morgan fingerprint density at radius 1 is 1.03 bits per heavy atom. The number of methoxy groups -OCH3 is 2. The normalized spacial score (nSPS) is 23.1. The molecule has 2 aliphatic rings. The fourth-order valence-electron chi connectivity index (χ4n) is 4.43. The van der Waals surface area contributed by atoms with Gasteiger partial charge in [-0.25, -0.2) is 8.42 Å². The summed E-state index contributed by atoms with van der Waals surface area (Å²) in [5.41, 5.74) is 0. The molecule has 1 saturated heterocycles. The van der Waals surface area contributed by atoms with Crippen molar-refractivity contribution in [1.29, 1.82) is 0 Å².